The third kappa shape index (κ3) is 4.58. The van der Waals surface area contributed by atoms with E-state index in [1.165, 1.54) is 6.92 Å². The van der Waals surface area contributed by atoms with Crippen molar-refractivity contribution in [1.29, 1.82) is 0 Å². The van der Waals surface area contributed by atoms with Gasteiger partial charge in [-0.25, -0.2) is 9.18 Å². The lowest BCUT2D eigenvalue weighted by molar-refractivity contribution is -0.139. The molecule has 76 valence electrons. The summed E-state index contributed by atoms with van der Waals surface area (Å²) in [6.45, 7) is 3.47. The third-order valence-electron chi connectivity index (χ3n) is 1.02. The number of hydrogen-bond acceptors (Lipinski definition) is 4. The lowest BCUT2D eigenvalue weighted by Gasteiger charge is -2.05. The Kier molecular flexibility index (Phi) is 4.02. The van der Waals surface area contributed by atoms with Crippen LogP contribution in [-0.2, 0) is 19.6 Å². The highest BCUT2D eigenvalue weighted by molar-refractivity contribution is 7.86. The quantitative estimate of drug-likeness (QED) is 0.411. The molecule has 0 saturated carbocycles. The summed E-state index contributed by atoms with van der Waals surface area (Å²) in [4.78, 5) is 10.6. The molecule has 1 unspecified atom stereocenters. The van der Waals surface area contributed by atoms with Crippen LogP contribution in [0.5, 0.6) is 0 Å². The normalized spacial score (nSPS) is 13.5. The maximum atomic E-state index is 12.4. The first kappa shape index (κ1) is 12.0. The summed E-state index contributed by atoms with van der Waals surface area (Å²) in [5, 5.41) is 0. The largest absolute Gasteiger partial charge is 0.458 e. The topological polar surface area (TPSA) is 80.7 Å². The summed E-state index contributed by atoms with van der Waals surface area (Å²) >= 11 is 0. The number of ether oxygens (including phenoxy) is 1. The molecule has 0 aliphatic rings. The van der Waals surface area contributed by atoms with Crippen LogP contribution < -0.4 is 0 Å². The molecule has 0 aromatic heterocycles. The van der Waals surface area contributed by atoms with Crippen molar-refractivity contribution in [2.24, 2.45) is 0 Å². The van der Waals surface area contributed by atoms with Gasteiger partial charge in [-0.05, 0) is 6.92 Å². The van der Waals surface area contributed by atoms with Gasteiger partial charge in [0.2, 0.25) is 0 Å². The lowest BCUT2D eigenvalue weighted by atomic mass is 10.4. The fraction of sp³-hybridized carbons (Fsp3) is 0.500. The fourth-order valence-electron chi connectivity index (χ4n) is 0.350. The molecule has 0 rings (SSSR count). The first-order valence-corrected chi connectivity index (χ1v) is 4.68. The zero-order valence-electron chi connectivity index (χ0n) is 6.86. The maximum Gasteiger partial charge on any atom is 0.333 e. The molecule has 5 nitrogen and oxygen atoms in total. The summed E-state index contributed by atoms with van der Waals surface area (Å²) < 4.78 is 44.8. The van der Waals surface area contributed by atoms with Gasteiger partial charge in [0.1, 0.15) is 6.61 Å². The predicted octanol–water partition coefficient (Wildman–Crippen LogP) is 0.289. The Morgan fingerprint density at radius 3 is 2.46 bits per heavy atom. The van der Waals surface area contributed by atoms with E-state index in [4.69, 9.17) is 4.55 Å². The molecule has 1 atom stereocenters. The molecule has 1 N–H and O–H groups in total. The molecule has 0 heterocycles. The van der Waals surface area contributed by atoms with E-state index in [0.717, 1.165) is 0 Å². The van der Waals surface area contributed by atoms with Crippen LogP contribution in [0.3, 0.4) is 0 Å². The van der Waals surface area contributed by atoms with Crippen molar-refractivity contribution < 1.29 is 26.9 Å². The van der Waals surface area contributed by atoms with Crippen LogP contribution in [0.2, 0.25) is 0 Å². The smallest absolute Gasteiger partial charge is 0.333 e. The van der Waals surface area contributed by atoms with Crippen LogP contribution in [0.25, 0.3) is 0 Å². The van der Waals surface area contributed by atoms with Crippen LogP contribution in [0.1, 0.15) is 6.92 Å². The van der Waals surface area contributed by atoms with Gasteiger partial charge in [0.05, 0.1) is 0 Å². The number of rotatable bonds is 4. The van der Waals surface area contributed by atoms with Crippen molar-refractivity contribution in [1.82, 2.24) is 0 Å². The molecule has 0 fully saturated rings. The van der Waals surface area contributed by atoms with Gasteiger partial charge in [-0.3, -0.25) is 4.55 Å². The van der Waals surface area contributed by atoms with Gasteiger partial charge in [-0.2, -0.15) is 8.42 Å². The van der Waals surface area contributed by atoms with Gasteiger partial charge in [-0.1, -0.05) is 6.58 Å². The predicted molar refractivity (Wildman–Crippen MR) is 42.2 cm³/mol. The Bertz CT molecular complexity index is 307. The van der Waals surface area contributed by atoms with E-state index in [1.807, 2.05) is 0 Å². The van der Waals surface area contributed by atoms with E-state index in [1.54, 1.807) is 0 Å². The Morgan fingerprint density at radius 1 is 1.69 bits per heavy atom. The van der Waals surface area contributed by atoms with Gasteiger partial charge in [0.25, 0.3) is 5.50 Å². The highest BCUT2D eigenvalue weighted by Crippen LogP contribution is 2.02. The van der Waals surface area contributed by atoms with E-state index >= 15 is 0 Å². The Morgan fingerprint density at radius 2 is 2.15 bits per heavy atom. The first-order valence-electron chi connectivity index (χ1n) is 3.18. The second-order valence-corrected chi connectivity index (χ2v) is 3.85. The van der Waals surface area contributed by atoms with Crippen LogP contribution in [0, 0.1) is 0 Å². The highest BCUT2D eigenvalue weighted by Gasteiger charge is 2.23. The number of halogens is 1. The molecule has 0 aromatic rings. The molecule has 0 saturated heterocycles. The standard InChI is InChI=1S/C6H9FO5S/c1-4(2)6(8)12-3-5(7)13(9,10)11/h5H,1,3H2,2H3,(H,9,10,11). The van der Waals surface area contributed by atoms with E-state index in [-0.39, 0.29) is 5.57 Å². The number of alkyl halides is 1. The molecule has 13 heavy (non-hydrogen) atoms. The van der Waals surface area contributed by atoms with Crippen LogP contribution >= 0.6 is 0 Å². The minimum absolute atomic E-state index is 0.0162. The lowest BCUT2D eigenvalue weighted by Crippen LogP contribution is -2.23. The maximum absolute atomic E-state index is 12.4. The second-order valence-electron chi connectivity index (χ2n) is 2.30. The molecule has 0 aliphatic carbocycles. The number of hydrogen-bond donors (Lipinski definition) is 1. The van der Waals surface area contributed by atoms with Crippen molar-refractivity contribution in [2.45, 2.75) is 12.4 Å². The molecule has 0 aromatic carbocycles. The van der Waals surface area contributed by atoms with Gasteiger partial charge >= 0.3 is 16.1 Å². The minimum Gasteiger partial charge on any atom is -0.458 e. The van der Waals surface area contributed by atoms with Crippen LogP contribution in [0.15, 0.2) is 12.2 Å². The van der Waals surface area contributed by atoms with E-state index < -0.39 is 28.2 Å². The monoisotopic (exact) mass is 212 g/mol. The van der Waals surface area contributed by atoms with Crippen molar-refractivity contribution >= 4 is 16.1 Å². The van der Waals surface area contributed by atoms with Crippen molar-refractivity contribution in [3.63, 3.8) is 0 Å². The number of esters is 1. The first-order chi connectivity index (χ1) is 5.75. The average molecular weight is 212 g/mol. The molecule has 0 spiro atoms. The zero-order chi connectivity index (χ0) is 10.6. The SMILES string of the molecule is C=C(C)C(=O)OCC(F)S(=O)(=O)O. The van der Waals surface area contributed by atoms with E-state index in [2.05, 4.69) is 11.3 Å². The summed E-state index contributed by atoms with van der Waals surface area (Å²) in [5.74, 6) is -0.911. The molecule has 0 bridgehead atoms. The van der Waals surface area contributed by atoms with Gasteiger partial charge < -0.3 is 4.74 Å². The minimum atomic E-state index is -4.80. The third-order valence-corrected chi connectivity index (χ3v) is 1.80. The highest BCUT2D eigenvalue weighted by atomic mass is 32.2. The van der Waals surface area contributed by atoms with Crippen LogP contribution in [-0.4, -0.2) is 31.1 Å². The van der Waals surface area contributed by atoms with Crippen molar-refractivity contribution in [3.8, 4) is 0 Å². The summed E-state index contributed by atoms with van der Waals surface area (Å²) in [7, 11) is -4.80. The number of carbonyl (C=O) groups excluding carboxylic acids is 1. The fourth-order valence-corrected chi connectivity index (χ4v) is 0.590. The summed E-state index contributed by atoms with van der Waals surface area (Å²) in [5.41, 5.74) is -2.60. The average Bonchev–Trinajstić information content (AvgIpc) is 1.97. The number of carbonyl (C=O) groups is 1. The van der Waals surface area contributed by atoms with Gasteiger partial charge in [0.15, 0.2) is 0 Å². The second kappa shape index (κ2) is 4.33. The molecule has 0 aliphatic heterocycles. The Hall–Kier alpha value is -0.950. The Balaban J connectivity index is 4.06. The van der Waals surface area contributed by atoms with Gasteiger partial charge in [0, 0.05) is 5.57 Å². The van der Waals surface area contributed by atoms with E-state index in [0.29, 0.717) is 0 Å². The molecule has 0 radical (unpaired) electrons. The summed E-state index contributed by atoms with van der Waals surface area (Å²) in [6.07, 6.45) is 0. The van der Waals surface area contributed by atoms with Crippen molar-refractivity contribution in [3.05, 3.63) is 12.2 Å². The van der Waals surface area contributed by atoms with Gasteiger partial charge in [-0.15, -0.1) is 0 Å². The Labute approximate surface area is 74.9 Å². The zero-order valence-corrected chi connectivity index (χ0v) is 7.67. The molecular formula is C6H9FO5S. The molecular weight excluding hydrogens is 203 g/mol. The molecule has 7 heteroatoms. The van der Waals surface area contributed by atoms with Crippen LogP contribution in [0.4, 0.5) is 4.39 Å². The van der Waals surface area contributed by atoms with Crippen molar-refractivity contribution in [2.75, 3.05) is 6.61 Å². The molecule has 0 amide bonds. The van der Waals surface area contributed by atoms with E-state index in [9.17, 15) is 17.6 Å². The summed E-state index contributed by atoms with van der Waals surface area (Å²) in [6, 6.07) is 0.